The second-order valence-corrected chi connectivity index (χ2v) is 8.80. The summed E-state index contributed by atoms with van der Waals surface area (Å²) in [5.41, 5.74) is 2.15. The predicted octanol–water partition coefficient (Wildman–Crippen LogP) is 3.58. The number of anilines is 1. The van der Waals surface area contributed by atoms with Gasteiger partial charge in [0, 0.05) is 17.6 Å². The quantitative estimate of drug-likeness (QED) is 0.693. The van der Waals surface area contributed by atoms with Gasteiger partial charge in [0.15, 0.2) is 5.13 Å². The van der Waals surface area contributed by atoms with E-state index >= 15 is 0 Å². The molecular weight excluding hydrogens is 406 g/mol. The van der Waals surface area contributed by atoms with Gasteiger partial charge in [0.05, 0.1) is 25.0 Å². The number of aromatic nitrogens is 1. The van der Waals surface area contributed by atoms with Crippen molar-refractivity contribution in [2.24, 2.45) is 0 Å². The van der Waals surface area contributed by atoms with Crippen LogP contribution in [0.3, 0.4) is 0 Å². The van der Waals surface area contributed by atoms with Crippen LogP contribution in [-0.2, 0) is 25.6 Å². The van der Waals surface area contributed by atoms with Crippen molar-refractivity contribution < 1.29 is 23.8 Å². The van der Waals surface area contributed by atoms with Crippen molar-refractivity contribution in [3.05, 3.63) is 35.2 Å². The Hall–Kier alpha value is -2.49. The number of carbonyl (C=O) groups is 2. The molecule has 1 aliphatic rings. The van der Waals surface area contributed by atoms with Crippen molar-refractivity contribution in [3.63, 3.8) is 0 Å². The molecule has 0 radical (unpaired) electrons. The van der Waals surface area contributed by atoms with E-state index in [1.54, 1.807) is 20.8 Å². The van der Waals surface area contributed by atoms with Crippen LogP contribution in [0, 0.1) is 0 Å². The zero-order valence-electron chi connectivity index (χ0n) is 17.4. The van der Waals surface area contributed by atoms with E-state index in [2.05, 4.69) is 15.6 Å². The predicted molar refractivity (Wildman–Crippen MR) is 114 cm³/mol. The second kappa shape index (κ2) is 10.0. The van der Waals surface area contributed by atoms with Crippen LogP contribution in [0.2, 0.25) is 0 Å². The third kappa shape index (κ3) is 7.08. The summed E-state index contributed by atoms with van der Waals surface area (Å²) in [6.07, 6.45) is 0.446. The Labute approximate surface area is 179 Å². The highest BCUT2D eigenvalue weighted by molar-refractivity contribution is 7.14. The fourth-order valence-electron chi connectivity index (χ4n) is 2.77. The third-order valence-corrected chi connectivity index (χ3v) is 4.90. The first-order valence-corrected chi connectivity index (χ1v) is 10.7. The van der Waals surface area contributed by atoms with E-state index in [1.165, 1.54) is 11.3 Å². The van der Waals surface area contributed by atoms with E-state index < -0.39 is 11.7 Å². The number of benzene rings is 1. The smallest absolute Gasteiger partial charge is 0.408 e. The Morgan fingerprint density at radius 1 is 1.33 bits per heavy atom. The average Bonchev–Trinajstić information content (AvgIpc) is 3.36. The van der Waals surface area contributed by atoms with Gasteiger partial charge in [-0.25, -0.2) is 9.78 Å². The van der Waals surface area contributed by atoms with E-state index in [4.69, 9.17) is 14.2 Å². The molecule has 9 heteroatoms. The van der Waals surface area contributed by atoms with Crippen molar-refractivity contribution in [1.29, 1.82) is 0 Å². The second-order valence-electron chi connectivity index (χ2n) is 7.94. The highest BCUT2D eigenvalue weighted by atomic mass is 32.1. The summed E-state index contributed by atoms with van der Waals surface area (Å²) in [7, 11) is 0. The molecule has 8 nitrogen and oxygen atoms in total. The summed E-state index contributed by atoms with van der Waals surface area (Å²) in [5.74, 6) is -0.373. The molecule has 1 unspecified atom stereocenters. The number of hydrogen-bond donors (Lipinski definition) is 2. The summed E-state index contributed by atoms with van der Waals surface area (Å²) in [6, 6.07) is 7.96. The monoisotopic (exact) mass is 433 g/mol. The minimum absolute atomic E-state index is 0.157. The van der Waals surface area contributed by atoms with Gasteiger partial charge in [0.2, 0.25) is 5.91 Å². The number of carbonyl (C=O) groups excluding carboxylic acids is 2. The van der Waals surface area contributed by atoms with E-state index in [1.807, 2.05) is 29.6 Å². The van der Waals surface area contributed by atoms with Crippen LogP contribution >= 0.6 is 11.3 Å². The average molecular weight is 434 g/mol. The zero-order valence-corrected chi connectivity index (χ0v) is 18.2. The maximum atomic E-state index is 12.1. The van der Waals surface area contributed by atoms with Gasteiger partial charge in [-0.3, -0.25) is 4.79 Å². The van der Waals surface area contributed by atoms with Gasteiger partial charge in [0.1, 0.15) is 12.1 Å². The molecule has 1 aromatic heterocycles. The van der Waals surface area contributed by atoms with E-state index in [9.17, 15) is 9.59 Å². The van der Waals surface area contributed by atoms with Gasteiger partial charge in [-0.2, -0.15) is 0 Å². The van der Waals surface area contributed by atoms with Crippen LogP contribution in [-0.4, -0.2) is 48.4 Å². The van der Waals surface area contributed by atoms with Gasteiger partial charge < -0.3 is 24.8 Å². The first kappa shape index (κ1) is 22.2. The van der Waals surface area contributed by atoms with Crippen LogP contribution in [0.15, 0.2) is 29.6 Å². The van der Waals surface area contributed by atoms with Gasteiger partial charge in [-0.1, -0.05) is 18.2 Å². The molecule has 0 aliphatic carbocycles. The van der Waals surface area contributed by atoms with Crippen molar-refractivity contribution >= 4 is 28.5 Å². The highest BCUT2D eigenvalue weighted by Gasteiger charge is 2.18. The fourth-order valence-corrected chi connectivity index (χ4v) is 3.51. The molecule has 2 heterocycles. The Bertz CT molecular complexity index is 872. The normalized spacial score (nSPS) is 16.3. The molecule has 3 rings (SSSR count). The SMILES string of the molecule is CC(C)(C)OC(=O)NCC(=O)Nc1nc(-c2cccc(COC3CCOC3)c2)cs1. The Balaban J connectivity index is 1.51. The third-order valence-electron chi connectivity index (χ3n) is 4.14. The minimum atomic E-state index is -0.638. The topological polar surface area (TPSA) is 98.8 Å². The van der Waals surface area contributed by atoms with E-state index in [-0.39, 0.29) is 18.6 Å². The van der Waals surface area contributed by atoms with Crippen molar-refractivity contribution in [3.8, 4) is 11.3 Å². The Morgan fingerprint density at radius 3 is 2.90 bits per heavy atom. The lowest BCUT2D eigenvalue weighted by Gasteiger charge is -2.19. The molecule has 162 valence electrons. The molecule has 1 saturated heterocycles. The molecule has 1 fully saturated rings. The lowest BCUT2D eigenvalue weighted by atomic mass is 10.1. The lowest BCUT2D eigenvalue weighted by molar-refractivity contribution is -0.115. The van der Waals surface area contributed by atoms with Gasteiger partial charge >= 0.3 is 6.09 Å². The highest BCUT2D eigenvalue weighted by Crippen LogP contribution is 2.26. The Kier molecular flexibility index (Phi) is 7.41. The van der Waals surface area contributed by atoms with Crippen LogP contribution in [0.5, 0.6) is 0 Å². The minimum Gasteiger partial charge on any atom is -0.444 e. The van der Waals surface area contributed by atoms with Gasteiger partial charge in [-0.15, -0.1) is 11.3 Å². The van der Waals surface area contributed by atoms with Crippen LogP contribution in [0.25, 0.3) is 11.3 Å². The fraction of sp³-hybridized carbons (Fsp3) is 0.476. The van der Waals surface area contributed by atoms with E-state index in [0.717, 1.165) is 29.8 Å². The molecule has 0 spiro atoms. The van der Waals surface area contributed by atoms with E-state index in [0.29, 0.717) is 18.3 Å². The number of hydrogen-bond acceptors (Lipinski definition) is 7. The molecule has 2 N–H and O–H groups in total. The molecule has 0 bridgehead atoms. The molecule has 2 amide bonds. The first-order chi connectivity index (χ1) is 14.3. The summed E-state index contributed by atoms with van der Waals surface area (Å²) in [5, 5.41) is 7.45. The van der Waals surface area contributed by atoms with Crippen LogP contribution in [0.4, 0.5) is 9.93 Å². The van der Waals surface area contributed by atoms with Crippen LogP contribution < -0.4 is 10.6 Å². The molecule has 0 saturated carbocycles. The number of alkyl carbamates (subject to hydrolysis) is 1. The number of nitrogens with one attached hydrogen (secondary N) is 2. The zero-order chi connectivity index (χ0) is 21.6. The van der Waals surface area contributed by atoms with Crippen molar-refractivity contribution in [2.45, 2.75) is 45.5 Å². The Morgan fingerprint density at radius 2 is 2.17 bits per heavy atom. The standard InChI is InChI=1S/C21H27N3O5S/c1-21(2,3)29-20(26)22-10-18(25)24-19-23-17(13-30-19)15-6-4-5-14(9-15)11-28-16-7-8-27-12-16/h4-6,9,13,16H,7-8,10-12H2,1-3H3,(H,22,26)(H,23,24,25). The van der Waals surface area contributed by atoms with Gasteiger partial charge in [0.25, 0.3) is 0 Å². The van der Waals surface area contributed by atoms with Crippen molar-refractivity contribution in [1.82, 2.24) is 10.3 Å². The summed E-state index contributed by atoms with van der Waals surface area (Å²) < 4.78 is 16.3. The van der Waals surface area contributed by atoms with Gasteiger partial charge in [-0.05, 0) is 38.8 Å². The van der Waals surface area contributed by atoms with Crippen LogP contribution in [0.1, 0.15) is 32.8 Å². The molecule has 1 aromatic carbocycles. The van der Waals surface area contributed by atoms with Crippen molar-refractivity contribution in [2.75, 3.05) is 25.1 Å². The number of thiazole rings is 1. The number of nitrogens with zero attached hydrogens (tertiary/aromatic N) is 1. The maximum Gasteiger partial charge on any atom is 0.408 e. The first-order valence-electron chi connectivity index (χ1n) is 9.79. The largest absolute Gasteiger partial charge is 0.444 e. The molecule has 1 atom stereocenters. The number of amides is 2. The lowest BCUT2D eigenvalue weighted by Crippen LogP contribution is -2.37. The number of rotatable bonds is 7. The summed E-state index contributed by atoms with van der Waals surface area (Å²) >= 11 is 1.32. The molecule has 2 aromatic rings. The molecule has 30 heavy (non-hydrogen) atoms. The summed E-state index contributed by atoms with van der Waals surface area (Å²) in [4.78, 5) is 28.1. The number of ether oxygens (including phenoxy) is 3. The summed E-state index contributed by atoms with van der Waals surface area (Å²) in [6.45, 7) is 7.01. The maximum absolute atomic E-state index is 12.1. The molecule has 1 aliphatic heterocycles. The molecular formula is C21H27N3O5S.